The molecule has 208 valence electrons. The summed E-state index contributed by atoms with van der Waals surface area (Å²) in [4.78, 5) is 29.0. The molecule has 0 bridgehead atoms. The van der Waals surface area contributed by atoms with Crippen molar-refractivity contribution in [3.05, 3.63) is 95.1 Å². The van der Waals surface area contributed by atoms with Crippen molar-refractivity contribution in [3.8, 4) is 0 Å². The summed E-state index contributed by atoms with van der Waals surface area (Å²) in [6.45, 7) is 11.0. The molecule has 0 fully saturated rings. The summed E-state index contributed by atoms with van der Waals surface area (Å²) in [5, 5.41) is 2.92. The summed E-state index contributed by atoms with van der Waals surface area (Å²) in [6.07, 6.45) is 0.380. The Kier molecular flexibility index (Phi) is 9.92. The fourth-order valence-corrected chi connectivity index (χ4v) is 6.09. The van der Waals surface area contributed by atoms with Gasteiger partial charge in [0.15, 0.2) is 0 Å². The monoisotopic (exact) mass is 549 g/mol. The fourth-order valence-electron chi connectivity index (χ4n) is 4.59. The number of benzene rings is 3. The Balaban J connectivity index is 2.10. The van der Waals surface area contributed by atoms with E-state index in [-0.39, 0.29) is 23.4 Å². The van der Waals surface area contributed by atoms with Gasteiger partial charge in [0, 0.05) is 12.6 Å². The number of aryl methyl sites for hydroxylation is 3. The highest BCUT2D eigenvalue weighted by atomic mass is 32.2. The minimum Gasteiger partial charge on any atom is -0.352 e. The Morgan fingerprint density at radius 1 is 0.872 bits per heavy atom. The van der Waals surface area contributed by atoms with Crippen molar-refractivity contribution >= 4 is 27.5 Å². The van der Waals surface area contributed by atoms with Gasteiger partial charge in [-0.1, -0.05) is 67.1 Å². The molecule has 3 aromatic rings. The maximum Gasteiger partial charge on any atom is 0.264 e. The highest BCUT2D eigenvalue weighted by Crippen LogP contribution is 2.28. The standard InChI is InChI=1S/C31H39N3O4S/c1-7-28(31(36)32-22(2)3)33(20-26-14-12-11-13-24(26)5)30(35)21-34(29-18-17-23(4)19-25(29)6)39(37,38)27-15-9-8-10-16-27/h8-19,22,28H,7,20-21H2,1-6H3,(H,32,36)/t28-/m0/s1. The van der Waals surface area contributed by atoms with Gasteiger partial charge >= 0.3 is 0 Å². The minimum absolute atomic E-state index is 0.0906. The normalized spacial score (nSPS) is 12.2. The number of carbonyl (C=O) groups excluding carboxylic acids is 2. The van der Waals surface area contributed by atoms with Crippen LogP contribution >= 0.6 is 0 Å². The summed E-state index contributed by atoms with van der Waals surface area (Å²) >= 11 is 0. The molecule has 1 atom stereocenters. The van der Waals surface area contributed by atoms with Crippen LogP contribution < -0.4 is 9.62 Å². The Morgan fingerprint density at radius 2 is 1.51 bits per heavy atom. The summed E-state index contributed by atoms with van der Waals surface area (Å²) in [5.74, 6) is -0.720. The van der Waals surface area contributed by atoms with E-state index >= 15 is 0 Å². The molecule has 0 unspecified atom stereocenters. The van der Waals surface area contributed by atoms with Crippen LogP contribution in [0.3, 0.4) is 0 Å². The van der Waals surface area contributed by atoms with E-state index < -0.39 is 28.5 Å². The van der Waals surface area contributed by atoms with Gasteiger partial charge in [0.05, 0.1) is 10.6 Å². The second kappa shape index (κ2) is 12.9. The van der Waals surface area contributed by atoms with E-state index in [2.05, 4.69) is 5.32 Å². The Bertz CT molecular complexity index is 1400. The van der Waals surface area contributed by atoms with Crippen molar-refractivity contribution in [3.63, 3.8) is 0 Å². The average Bonchev–Trinajstić information content (AvgIpc) is 2.88. The van der Waals surface area contributed by atoms with E-state index in [1.54, 1.807) is 24.3 Å². The molecule has 0 aliphatic rings. The lowest BCUT2D eigenvalue weighted by atomic mass is 10.1. The second-order valence-corrected chi connectivity index (χ2v) is 12.0. The number of rotatable bonds is 11. The molecule has 0 spiro atoms. The first kappa shape index (κ1) is 29.9. The first-order valence-corrected chi connectivity index (χ1v) is 14.7. The van der Waals surface area contributed by atoms with Crippen molar-refractivity contribution in [2.24, 2.45) is 0 Å². The van der Waals surface area contributed by atoms with Crippen molar-refractivity contribution in [1.82, 2.24) is 10.2 Å². The van der Waals surface area contributed by atoms with E-state index in [0.29, 0.717) is 12.1 Å². The minimum atomic E-state index is -4.09. The smallest absolute Gasteiger partial charge is 0.264 e. The third kappa shape index (κ3) is 7.26. The van der Waals surface area contributed by atoms with Crippen LogP contribution in [-0.2, 0) is 26.2 Å². The summed E-state index contributed by atoms with van der Waals surface area (Å²) in [5.41, 5.74) is 4.02. The fraction of sp³-hybridized carbons (Fsp3) is 0.355. The van der Waals surface area contributed by atoms with E-state index in [1.807, 2.05) is 77.9 Å². The van der Waals surface area contributed by atoms with Crippen molar-refractivity contribution in [2.45, 2.75) is 71.5 Å². The van der Waals surface area contributed by atoms with Gasteiger partial charge in [-0.2, -0.15) is 0 Å². The summed E-state index contributed by atoms with van der Waals surface area (Å²) in [6, 6.07) is 20.4. The molecule has 7 nitrogen and oxygen atoms in total. The quantitative estimate of drug-likeness (QED) is 0.359. The maximum absolute atomic E-state index is 14.1. The molecule has 0 aliphatic heterocycles. The molecule has 3 rings (SSSR count). The molecule has 0 aromatic heterocycles. The lowest BCUT2D eigenvalue weighted by Gasteiger charge is -2.34. The van der Waals surface area contributed by atoms with E-state index in [1.165, 1.54) is 17.0 Å². The molecule has 2 amide bonds. The van der Waals surface area contributed by atoms with Crippen LogP contribution in [0.1, 0.15) is 49.4 Å². The zero-order valence-electron chi connectivity index (χ0n) is 23.6. The van der Waals surface area contributed by atoms with E-state index in [4.69, 9.17) is 0 Å². The second-order valence-electron chi connectivity index (χ2n) is 10.2. The number of sulfonamides is 1. The molecule has 0 radical (unpaired) electrons. The predicted octanol–water partition coefficient (Wildman–Crippen LogP) is 5.14. The Labute approximate surface area is 232 Å². The maximum atomic E-state index is 14.1. The molecule has 0 saturated carbocycles. The van der Waals surface area contributed by atoms with Crippen LogP contribution in [0.15, 0.2) is 77.7 Å². The molecule has 0 aliphatic carbocycles. The van der Waals surface area contributed by atoms with Crippen LogP contribution in [-0.4, -0.2) is 43.8 Å². The number of nitrogens with one attached hydrogen (secondary N) is 1. The molecule has 8 heteroatoms. The third-order valence-corrected chi connectivity index (χ3v) is 8.42. The van der Waals surface area contributed by atoms with Crippen LogP contribution in [0.5, 0.6) is 0 Å². The number of hydrogen-bond acceptors (Lipinski definition) is 4. The molecular weight excluding hydrogens is 510 g/mol. The largest absolute Gasteiger partial charge is 0.352 e. The van der Waals surface area contributed by atoms with Gasteiger partial charge in [0.1, 0.15) is 12.6 Å². The first-order chi connectivity index (χ1) is 18.4. The Morgan fingerprint density at radius 3 is 2.10 bits per heavy atom. The van der Waals surface area contributed by atoms with Gasteiger partial charge in [-0.25, -0.2) is 8.42 Å². The van der Waals surface area contributed by atoms with Gasteiger partial charge in [-0.3, -0.25) is 13.9 Å². The summed E-state index contributed by atoms with van der Waals surface area (Å²) < 4.78 is 29.0. The number of hydrogen-bond donors (Lipinski definition) is 1. The highest BCUT2D eigenvalue weighted by molar-refractivity contribution is 7.92. The number of nitrogens with zero attached hydrogens (tertiary/aromatic N) is 2. The molecule has 1 N–H and O–H groups in total. The molecule has 0 heterocycles. The van der Waals surface area contributed by atoms with Gasteiger partial charge in [-0.05, 0) is 75.9 Å². The van der Waals surface area contributed by atoms with Crippen LogP contribution in [0.25, 0.3) is 0 Å². The van der Waals surface area contributed by atoms with Gasteiger partial charge < -0.3 is 10.2 Å². The van der Waals surface area contributed by atoms with Gasteiger partial charge in [-0.15, -0.1) is 0 Å². The number of anilines is 1. The lowest BCUT2D eigenvalue weighted by Crippen LogP contribution is -2.53. The lowest BCUT2D eigenvalue weighted by molar-refractivity contribution is -0.140. The third-order valence-electron chi connectivity index (χ3n) is 6.65. The van der Waals surface area contributed by atoms with Crippen molar-refractivity contribution < 1.29 is 18.0 Å². The number of amides is 2. The molecule has 0 saturated heterocycles. The van der Waals surface area contributed by atoms with Gasteiger partial charge in [0.2, 0.25) is 11.8 Å². The Hall–Kier alpha value is -3.65. The number of carbonyl (C=O) groups is 2. The van der Waals surface area contributed by atoms with E-state index in [0.717, 1.165) is 26.6 Å². The van der Waals surface area contributed by atoms with Crippen LogP contribution in [0, 0.1) is 20.8 Å². The zero-order chi connectivity index (χ0) is 28.7. The van der Waals surface area contributed by atoms with Gasteiger partial charge in [0.25, 0.3) is 10.0 Å². The predicted molar refractivity (Wildman–Crippen MR) is 156 cm³/mol. The summed E-state index contributed by atoms with van der Waals surface area (Å²) in [7, 11) is -4.09. The average molecular weight is 550 g/mol. The van der Waals surface area contributed by atoms with Crippen LogP contribution in [0.2, 0.25) is 0 Å². The molecule has 3 aromatic carbocycles. The zero-order valence-corrected chi connectivity index (χ0v) is 24.5. The van der Waals surface area contributed by atoms with Crippen LogP contribution in [0.4, 0.5) is 5.69 Å². The molecular formula is C31H39N3O4S. The first-order valence-electron chi connectivity index (χ1n) is 13.2. The SMILES string of the molecule is CC[C@@H](C(=O)NC(C)C)N(Cc1ccccc1C)C(=O)CN(c1ccc(C)cc1C)S(=O)(=O)c1ccccc1. The van der Waals surface area contributed by atoms with Crippen molar-refractivity contribution in [2.75, 3.05) is 10.8 Å². The van der Waals surface area contributed by atoms with E-state index in [9.17, 15) is 18.0 Å². The van der Waals surface area contributed by atoms with Crippen molar-refractivity contribution in [1.29, 1.82) is 0 Å². The highest BCUT2D eigenvalue weighted by Gasteiger charge is 2.34. The molecule has 39 heavy (non-hydrogen) atoms. The topological polar surface area (TPSA) is 86.8 Å².